The molecule has 0 saturated carbocycles. The van der Waals surface area contributed by atoms with Gasteiger partial charge in [-0.05, 0) is 58.1 Å². The molecular weight excluding hydrogens is 372 g/mol. The Morgan fingerprint density at radius 1 is 1.43 bits per heavy atom. The van der Waals surface area contributed by atoms with Gasteiger partial charge in [0, 0.05) is 16.1 Å². The summed E-state index contributed by atoms with van der Waals surface area (Å²) in [5.74, 6) is -0.187. The van der Waals surface area contributed by atoms with Gasteiger partial charge in [0.15, 0.2) is 0 Å². The van der Waals surface area contributed by atoms with E-state index in [0.717, 1.165) is 20.9 Å². The number of carbonyl (C=O) groups is 1. The Morgan fingerprint density at radius 2 is 2.24 bits per heavy atom. The van der Waals surface area contributed by atoms with Gasteiger partial charge in [-0.1, -0.05) is 11.6 Å². The average Bonchev–Trinajstić information content (AvgIpc) is 2.89. The zero-order valence-corrected chi connectivity index (χ0v) is 14.1. The van der Waals surface area contributed by atoms with Crippen LogP contribution in [-0.4, -0.2) is 10.9 Å². The summed E-state index contributed by atoms with van der Waals surface area (Å²) in [5, 5.41) is 6.09. The molecule has 0 atom stereocenters. The van der Waals surface area contributed by atoms with Crippen molar-refractivity contribution in [2.75, 3.05) is 5.32 Å². The molecule has 1 amide bonds. The predicted octanol–water partition coefficient (Wildman–Crippen LogP) is 5.27. The fourth-order valence-corrected chi connectivity index (χ4v) is 3.89. The van der Waals surface area contributed by atoms with Crippen LogP contribution in [0.1, 0.15) is 15.2 Å². The van der Waals surface area contributed by atoms with Crippen LogP contribution in [0.4, 0.5) is 5.69 Å². The Kier molecular flexibility index (Phi) is 3.97. The lowest BCUT2D eigenvalue weighted by Gasteiger charge is -2.12. The quantitative estimate of drug-likeness (QED) is 0.657. The number of benzene rings is 1. The third-order valence-electron chi connectivity index (χ3n) is 3.09. The zero-order chi connectivity index (χ0) is 15.0. The first-order valence-electron chi connectivity index (χ1n) is 6.16. The highest BCUT2D eigenvalue weighted by atomic mass is 79.9. The summed E-state index contributed by atoms with van der Waals surface area (Å²) >= 11 is 11.0. The summed E-state index contributed by atoms with van der Waals surface area (Å²) in [6, 6.07) is 7.39. The van der Waals surface area contributed by atoms with E-state index in [-0.39, 0.29) is 5.91 Å². The summed E-state index contributed by atoms with van der Waals surface area (Å²) in [6.07, 6.45) is 1.73. The minimum Gasteiger partial charge on any atom is -0.319 e. The third kappa shape index (κ3) is 2.69. The summed E-state index contributed by atoms with van der Waals surface area (Å²) in [4.78, 5) is 17.3. The van der Waals surface area contributed by atoms with Crippen molar-refractivity contribution in [1.29, 1.82) is 0 Å². The van der Waals surface area contributed by atoms with Crippen molar-refractivity contribution < 1.29 is 4.79 Å². The number of anilines is 1. The number of hydrogen-bond donors (Lipinski definition) is 1. The van der Waals surface area contributed by atoms with E-state index in [2.05, 4.69) is 26.2 Å². The first-order valence-corrected chi connectivity index (χ1v) is 8.21. The number of rotatable bonds is 2. The Morgan fingerprint density at radius 3 is 2.95 bits per heavy atom. The van der Waals surface area contributed by atoms with Gasteiger partial charge < -0.3 is 5.32 Å². The number of aromatic nitrogens is 1. The number of carbonyl (C=O) groups excluding carboxylic acids is 1. The van der Waals surface area contributed by atoms with Crippen molar-refractivity contribution in [2.45, 2.75) is 6.92 Å². The second-order valence-electron chi connectivity index (χ2n) is 4.50. The number of nitrogens with zero attached hydrogens (tertiary/aromatic N) is 1. The smallest absolute Gasteiger partial charge is 0.266 e. The predicted molar refractivity (Wildman–Crippen MR) is 91.5 cm³/mol. The molecule has 3 aromatic rings. The van der Waals surface area contributed by atoms with Crippen LogP contribution in [0.5, 0.6) is 0 Å². The monoisotopic (exact) mass is 380 g/mol. The minimum atomic E-state index is -0.187. The summed E-state index contributed by atoms with van der Waals surface area (Å²) < 4.78 is 0.774. The number of aryl methyl sites for hydroxylation is 1. The van der Waals surface area contributed by atoms with Crippen LogP contribution < -0.4 is 5.32 Å². The lowest BCUT2D eigenvalue weighted by atomic mass is 10.1. The molecule has 0 aliphatic rings. The second-order valence-corrected chi connectivity index (χ2v) is 6.68. The lowest BCUT2D eigenvalue weighted by molar-refractivity contribution is 0.103. The van der Waals surface area contributed by atoms with E-state index < -0.39 is 0 Å². The van der Waals surface area contributed by atoms with Crippen LogP contribution in [0.25, 0.3) is 10.9 Å². The van der Waals surface area contributed by atoms with E-state index in [1.807, 2.05) is 36.6 Å². The fourth-order valence-electron chi connectivity index (χ4n) is 2.13. The Bertz CT molecular complexity index is 847. The molecule has 2 heterocycles. The van der Waals surface area contributed by atoms with Crippen molar-refractivity contribution in [2.24, 2.45) is 0 Å². The molecule has 0 aliphatic heterocycles. The summed E-state index contributed by atoms with van der Waals surface area (Å²) in [7, 11) is 0. The van der Waals surface area contributed by atoms with E-state index in [4.69, 9.17) is 11.6 Å². The van der Waals surface area contributed by atoms with E-state index in [1.54, 1.807) is 6.20 Å². The van der Waals surface area contributed by atoms with Gasteiger partial charge in [-0.25, -0.2) is 0 Å². The number of thiophene rings is 1. The Balaban J connectivity index is 2.09. The summed E-state index contributed by atoms with van der Waals surface area (Å²) in [5.41, 5.74) is 2.41. The molecule has 106 valence electrons. The van der Waals surface area contributed by atoms with Gasteiger partial charge in [0.05, 0.1) is 16.2 Å². The van der Waals surface area contributed by atoms with E-state index in [9.17, 15) is 4.79 Å². The van der Waals surface area contributed by atoms with Crippen LogP contribution >= 0.6 is 38.9 Å². The molecule has 21 heavy (non-hydrogen) atoms. The maximum atomic E-state index is 12.4. The maximum absolute atomic E-state index is 12.4. The van der Waals surface area contributed by atoms with Crippen molar-refractivity contribution >= 4 is 61.4 Å². The fraction of sp³-hybridized carbons (Fsp3) is 0.0667. The van der Waals surface area contributed by atoms with Gasteiger partial charge in [0.2, 0.25) is 0 Å². The Hall–Kier alpha value is -1.43. The Labute approximate surface area is 139 Å². The van der Waals surface area contributed by atoms with Crippen molar-refractivity contribution in [3.05, 3.63) is 55.8 Å². The molecule has 0 bridgehead atoms. The molecule has 1 N–H and O–H groups in total. The maximum Gasteiger partial charge on any atom is 0.266 e. The van der Waals surface area contributed by atoms with E-state index in [1.165, 1.54) is 11.3 Å². The molecule has 0 saturated heterocycles. The van der Waals surface area contributed by atoms with Crippen LogP contribution in [0.15, 0.2) is 40.3 Å². The summed E-state index contributed by atoms with van der Waals surface area (Å²) in [6.45, 7) is 1.95. The van der Waals surface area contributed by atoms with Gasteiger partial charge in [-0.3, -0.25) is 9.78 Å². The normalized spacial score (nSPS) is 10.8. The molecule has 1 aromatic carbocycles. The van der Waals surface area contributed by atoms with Crippen LogP contribution in [0.3, 0.4) is 0 Å². The van der Waals surface area contributed by atoms with Crippen molar-refractivity contribution in [1.82, 2.24) is 4.98 Å². The number of pyridine rings is 1. The highest BCUT2D eigenvalue weighted by molar-refractivity contribution is 9.10. The molecule has 0 unspecified atom stereocenters. The largest absolute Gasteiger partial charge is 0.319 e. The number of hydrogen-bond acceptors (Lipinski definition) is 3. The zero-order valence-electron chi connectivity index (χ0n) is 11.0. The van der Waals surface area contributed by atoms with Gasteiger partial charge >= 0.3 is 0 Å². The first kappa shape index (κ1) is 14.5. The number of nitrogens with one attached hydrogen (secondary N) is 1. The van der Waals surface area contributed by atoms with Crippen LogP contribution in [0, 0.1) is 6.92 Å². The molecule has 3 rings (SSSR count). The molecule has 0 spiro atoms. The van der Waals surface area contributed by atoms with Crippen molar-refractivity contribution in [3.63, 3.8) is 0 Å². The third-order valence-corrected chi connectivity index (χ3v) is 5.23. The van der Waals surface area contributed by atoms with Crippen molar-refractivity contribution in [3.8, 4) is 0 Å². The highest BCUT2D eigenvalue weighted by Gasteiger charge is 2.16. The number of fused-ring (bicyclic) bond motifs is 1. The van der Waals surface area contributed by atoms with Gasteiger partial charge in [-0.2, -0.15) is 0 Å². The first-order chi connectivity index (χ1) is 10.1. The van der Waals surface area contributed by atoms with Crippen LogP contribution in [-0.2, 0) is 0 Å². The molecule has 0 radical (unpaired) electrons. The molecule has 0 aliphatic carbocycles. The van der Waals surface area contributed by atoms with Gasteiger partial charge in [0.25, 0.3) is 5.91 Å². The standard InChI is InChI=1S/C15H10BrClN2OS/c1-8-7-11(17)13(9-3-2-5-18-12(8)9)19-15(20)14-10(16)4-6-21-14/h2-7H,1H3,(H,19,20). The molecular formula is C15H10BrClN2OS. The van der Waals surface area contributed by atoms with Crippen LogP contribution in [0.2, 0.25) is 5.02 Å². The molecule has 6 heteroatoms. The topological polar surface area (TPSA) is 42.0 Å². The number of halogens is 2. The lowest BCUT2D eigenvalue weighted by Crippen LogP contribution is -2.11. The highest BCUT2D eigenvalue weighted by Crippen LogP contribution is 2.33. The van der Waals surface area contributed by atoms with Gasteiger partial charge in [-0.15, -0.1) is 11.3 Å². The molecule has 2 aromatic heterocycles. The molecule has 0 fully saturated rings. The van der Waals surface area contributed by atoms with E-state index >= 15 is 0 Å². The SMILES string of the molecule is Cc1cc(Cl)c(NC(=O)c2sccc2Br)c2cccnc12. The average molecular weight is 382 g/mol. The molecule has 3 nitrogen and oxygen atoms in total. The van der Waals surface area contributed by atoms with E-state index in [0.29, 0.717) is 15.6 Å². The second kappa shape index (κ2) is 5.75. The number of amides is 1. The minimum absolute atomic E-state index is 0.187. The van der Waals surface area contributed by atoms with Gasteiger partial charge in [0.1, 0.15) is 4.88 Å².